The Balaban J connectivity index is 1.29. The van der Waals surface area contributed by atoms with E-state index in [1.165, 1.54) is 87.3 Å². The average molecular weight is 549 g/mol. The Morgan fingerprint density at radius 2 is 0.952 bits per heavy atom. The Hall–Kier alpha value is -4.85. The van der Waals surface area contributed by atoms with Gasteiger partial charge in [0.15, 0.2) is 0 Å². The van der Waals surface area contributed by atoms with Gasteiger partial charge in [-0.3, -0.25) is 0 Å². The molecule has 0 amide bonds. The Morgan fingerprint density at radius 3 is 1.67 bits per heavy atom. The van der Waals surface area contributed by atoms with Crippen LogP contribution in [0.3, 0.4) is 0 Å². The molecule has 0 nitrogen and oxygen atoms in total. The fourth-order valence-electron chi connectivity index (χ4n) is 8.10. The Labute approximate surface area is 249 Å². The van der Waals surface area contributed by atoms with Gasteiger partial charge in [-0.05, 0) is 90.3 Å². The van der Waals surface area contributed by atoms with Crippen LogP contribution in [-0.2, 0) is 5.41 Å². The topological polar surface area (TPSA) is 0 Å². The highest BCUT2D eigenvalue weighted by atomic mass is 32.2. The zero-order valence-corrected chi connectivity index (χ0v) is 23.6. The Morgan fingerprint density at radius 1 is 0.381 bits per heavy atom. The van der Waals surface area contributed by atoms with Crippen LogP contribution in [0, 0.1) is 0 Å². The van der Waals surface area contributed by atoms with Crippen LogP contribution in [0.5, 0.6) is 0 Å². The minimum Gasteiger partial charge on any atom is -0.0888 e. The lowest BCUT2D eigenvalue weighted by atomic mass is 9.70. The highest BCUT2D eigenvalue weighted by molar-refractivity contribution is 7.99. The van der Waals surface area contributed by atoms with Gasteiger partial charge in [-0.1, -0.05) is 139 Å². The van der Waals surface area contributed by atoms with Crippen molar-refractivity contribution in [3.8, 4) is 44.5 Å². The van der Waals surface area contributed by atoms with Crippen LogP contribution in [0.15, 0.2) is 155 Å². The second-order valence-corrected chi connectivity index (χ2v) is 12.7. The molecule has 10 rings (SSSR count). The van der Waals surface area contributed by atoms with Crippen molar-refractivity contribution in [1.82, 2.24) is 0 Å². The first-order valence-electron chi connectivity index (χ1n) is 14.6. The molecule has 194 valence electrons. The van der Waals surface area contributed by atoms with Crippen molar-refractivity contribution in [3.63, 3.8) is 0 Å². The zero-order valence-electron chi connectivity index (χ0n) is 22.8. The van der Waals surface area contributed by atoms with E-state index in [1.807, 2.05) is 11.8 Å². The lowest BCUT2D eigenvalue weighted by Gasteiger charge is -2.30. The maximum atomic E-state index is 2.47. The molecule has 0 fully saturated rings. The lowest BCUT2D eigenvalue weighted by molar-refractivity contribution is 0.794. The molecule has 2 aliphatic carbocycles. The Bertz CT molecular complexity index is 2240. The predicted octanol–water partition coefficient (Wildman–Crippen LogP) is 11.0. The zero-order chi connectivity index (χ0) is 27.4. The number of hydrogen-bond acceptors (Lipinski definition) is 1. The summed E-state index contributed by atoms with van der Waals surface area (Å²) in [6, 6.07) is 54.6. The summed E-state index contributed by atoms with van der Waals surface area (Å²) >= 11 is 1.89. The third-order valence-corrected chi connectivity index (χ3v) is 10.8. The van der Waals surface area contributed by atoms with Crippen molar-refractivity contribution < 1.29 is 0 Å². The van der Waals surface area contributed by atoms with Gasteiger partial charge in [0.05, 0.1) is 5.41 Å². The minimum atomic E-state index is -0.300. The predicted molar refractivity (Wildman–Crippen MR) is 175 cm³/mol. The van der Waals surface area contributed by atoms with Crippen molar-refractivity contribution in [2.24, 2.45) is 0 Å². The van der Waals surface area contributed by atoms with Gasteiger partial charge in [-0.15, -0.1) is 0 Å². The minimum absolute atomic E-state index is 0.300. The van der Waals surface area contributed by atoms with E-state index in [-0.39, 0.29) is 5.41 Å². The Kier molecular flexibility index (Phi) is 4.41. The van der Waals surface area contributed by atoms with Crippen LogP contribution < -0.4 is 0 Å². The third-order valence-electron chi connectivity index (χ3n) is 9.69. The average Bonchev–Trinajstić information content (AvgIpc) is 3.52. The SMILES string of the molecule is c1ccc2c(c1)Sc1cccc3ccc(-c4ccc5c(c4)-c4ccccc4C54c5ccccc5-c5ccccc54)c-2c13. The molecule has 3 aliphatic rings. The molecule has 0 saturated heterocycles. The molecular formula is C41H24S. The van der Waals surface area contributed by atoms with Gasteiger partial charge in [0.2, 0.25) is 0 Å². The molecule has 0 aromatic heterocycles. The third kappa shape index (κ3) is 2.70. The number of fused-ring (bicyclic) bond motifs is 12. The largest absolute Gasteiger partial charge is 0.0888 e. The van der Waals surface area contributed by atoms with Crippen molar-refractivity contribution in [3.05, 3.63) is 168 Å². The molecule has 7 aromatic rings. The van der Waals surface area contributed by atoms with Crippen molar-refractivity contribution in [2.45, 2.75) is 15.2 Å². The highest BCUT2D eigenvalue weighted by Gasteiger charge is 2.51. The first-order chi connectivity index (χ1) is 20.8. The smallest absolute Gasteiger partial charge is 0.0725 e. The summed E-state index contributed by atoms with van der Waals surface area (Å²) in [7, 11) is 0. The van der Waals surface area contributed by atoms with Gasteiger partial charge in [-0.25, -0.2) is 0 Å². The van der Waals surface area contributed by atoms with E-state index in [4.69, 9.17) is 0 Å². The summed E-state index contributed by atoms with van der Waals surface area (Å²) in [4.78, 5) is 2.67. The summed E-state index contributed by atoms with van der Waals surface area (Å²) in [5.41, 5.74) is 15.9. The van der Waals surface area contributed by atoms with E-state index in [0.29, 0.717) is 0 Å². The molecule has 0 radical (unpaired) electrons. The highest BCUT2D eigenvalue weighted by Crippen LogP contribution is 2.63. The van der Waals surface area contributed by atoms with E-state index < -0.39 is 0 Å². The molecule has 0 N–H and O–H groups in total. The molecule has 7 aromatic carbocycles. The molecule has 1 aliphatic heterocycles. The van der Waals surface area contributed by atoms with E-state index in [9.17, 15) is 0 Å². The number of benzene rings is 7. The quantitative estimate of drug-likeness (QED) is 0.197. The summed E-state index contributed by atoms with van der Waals surface area (Å²) in [6.07, 6.45) is 0. The number of rotatable bonds is 1. The fraction of sp³-hybridized carbons (Fsp3) is 0.0244. The fourth-order valence-corrected chi connectivity index (χ4v) is 9.23. The van der Waals surface area contributed by atoms with Gasteiger partial charge in [0.25, 0.3) is 0 Å². The van der Waals surface area contributed by atoms with E-state index in [0.717, 1.165) is 0 Å². The molecule has 0 atom stereocenters. The van der Waals surface area contributed by atoms with Crippen LogP contribution >= 0.6 is 11.8 Å². The summed E-state index contributed by atoms with van der Waals surface area (Å²) in [6.45, 7) is 0. The first-order valence-corrected chi connectivity index (χ1v) is 15.4. The van der Waals surface area contributed by atoms with Gasteiger partial charge >= 0.3 is 0 Å². The van der Waals surface area contributed by atoms with Gasteiger partial charge in [0.1, 0.15) is 0 Å². The summed E-state index contributed by atoms with van der Waals surface area (Å²) in [5, 5.41) is 2.67. The molecule has 42 heavy (non-hydrogen) atoms. The van der Waals surface area contributed by atoms with Crippen molar-refractivity contribution in [1.29, 1.82) is 0 Å². The maximum Gasteiger partial charge on any atom is 0.0725 e. The molecule has 0 unspecified atom stereocenters. The number of hydrogen-bond donors (Lipinski definition) is 0. The lowest BCUT2D eigenvalue weighted by Crippen LogP contribution is -2.25. The van der Waals surface area contributed by atoms with Gasteiger partial charge < -0.3 is 0 Å². The van der Waals surface area contributed by atoms with Crippen LogP contribution in [0.1, 0.15) is 22.3 Å². The van der Waals surface area contributed by atoms with Crippen LogP contribution in [0.25, 0.3) is 55.3 Å². The van der Waals surface area contributed by atoms with Crippen molar-refractivity contribution >= 4 is 22.5 Å². The molecule has 0 saturated carbocycles. The van der Waals surface area contributed by atoms with Crippen LogP contribution in [0.2, 0.25) is 0 Å². The first kappa shape index (κ1) is 22.8. The maximum absolute atomic E-state index is 2.47. The normalized spacial score (nSPS) is 14.3. The van der Waals surface area contributed by atoms with E-state index in [2.05, 4.69) is 146 Å². The summed E-state index contributed by atoms with van der Waals surface area (Å²) < 4.78 is 0. The summed E-state index contributed by atoms with van der Waals surface area (Å²) in [5.74, 6) is 0. The molecule has 1 heterocycles. The van der Waals surface area contributed by atoms with Crippen LogP contribution in [0.4, 0.5) is 0 Å². The molecule has 1 heteroatoms. The standard InChI is InChI=1S/C41H24S/c1-5-15-33-28(11-1)29-12-2-6-16-34(29)41(33)35-17-7-3-13-30(35)32-24-26(21-23-36(32)41)27-22-20-25-10-9-19-38-39(25)40(27)31-14-4-8-18-37(31)42-38/h1-24H. The van der Waals surface area contributed by atoms with Crippen molar-refractivity contribution in [2.75, 3.05) is 0 Å². The molecule has 0 bridgehead atoms. The monoisotopic (exact) mass is 548 g/mol. The van der Waals surface area contributed by atoms with E-state index in [1.54, 1.807) is 0 Å². The van der Waals surface area contributed by atoms with E-state index >= 15 is 0 Å². The second-order valence-electron chi connectivity index (χ2n) is 11.6. The molecular weight excluding hydrogens is 525 g/mol. The molecule has 1 spiro atoms. The van der Waals surface area contributed by atoms with Gasteiger partial charge in [0, 0.05) is 15.2 Å². The second kappa shape index (κ2) is 8.12. The van der Waals surface area contributed by atoms with Gasteiger partial charge in [-0.2, -0.15) is 0 Å². The van der Waals surface area contributed by atoms with Crippen LogP contribution in [-0.4, -0.2) is 0 Å².